The summed E-state index contributed by atoms with van der Waals surface area (Å²) in [6.07, 6.45) is 1.38. The topological polar surface area (TPSA) is 46.5 Å². The molecule has 0 aliphatic carbocycles. The smallest absolute Gasteiger partial charge is 0.240 e. The molecule has 13 heavy (non-hydrogen) atoms. The van der Waals surface area contributed by atoms with Crippen LogP contribution >= 0.6 is 11.6 Å². The zero-order valence-corrected chi connectivity index (χ0v) is 7.63. The molecule has 0 saturated carbocycles. The van der Waals surface area contributed by atoms with Gasteiger partial charge in [0, 0.05) is 10.6 Å². The van der Waals surface area contributed by atoms with Crippen molar-refractivity contribution in [1.82, 2.24) is 0 Å². The first-order chi connectivity index (χ1) is 6.13. The van der Waals surface area contributed by atoms with E-state index in [1.54, 1.807) is 0 Å². The number of Topliss-reactive ketones (excluding diaryl/α,β-unsaturated/α-hetero) is 1. The van der Waals surface area contributed by atoms with Crippen molar-refractivity contribution < 1.29 is 9.59 Å². The van der Waals surface area contributed by atoms with Crippen LogP contribution in [0.1, 0.15) is 17.3 Å². The summed E-state index contributed by atoms with van der Waals surface area (Å²) in [5.41, 5.74) is 0.772. The fraction of sp³-hybridized carbons (Fsp3) is 0.111. The quantitative estimate of drug-likeness (QED) is 0.414. The summed E-state index contributed by atoms with van der Waals surface area (Å²) in [6, 6.07) is 4.49. The zero-order chi connectivity index (χ0) is 9.84. The molecule has 0 aromatic heterocycles. The molecule has 0 radical (unpaired) electrons. The van der Waals surface area contributed by atoms with Crippen LogP contribution in [0, 0.1) is 0 Å². The number of ketones is 1. The summed E-state index contributed by atoms with van der Waals surface area (Å²) in [7, 11) is 0. The molecule has 0 saturated heterocycles. The number of carbonyl (C=O) groups excluding carboxylic acids is 2. The third kappa shape index (κ3) is 2.51. The predicted octanol–water partition coefficient (Wildman–Crippen LogP) is 2.51. The number of nitrogens with zero attached hydrogens (tertiary/aromatic N) is 1. The molecule has 0 atom stereocenters. The third-order valence-corrected chi connectivity index (χ3v) is 1.68. The van der Waals surface area contributed by atoms with Crippen LogP contribution in [-0.4, -0.2) is 11.9 Å². The van der Waals surface area contributed by atoms with Crippen molar-refractivity contribution in [2.24, 2.45) is 4.99 Å². The highest BCUT2D eigenvalue weighted by molar-refractivity contribution is 6.31. The summed E-state index contributed by atoms with van der Waals surface area (Å²) in [4.78, 5) is 24.3. The highest BCUT2D eigenvalue weighted by Crippen LogP contribution is 2.21. The van der Waals surface area contributed by atoms with E-state index < -0.39 is 0 Å². The normalized spacial score (nSPS) is 9.08. The number of aliphatic imine (C=N–C) groups is 1. The molecule has 0 spiro atoms. The number of halogens is 1. The van der Waals surface area contributed by atoms with Crippen molar-refractivity contribution >= 4 is 29.2 Å². The van der Waals surface area contributed by atoms with Gasteiger partial charge in [-0.15, -0.1) is 0 Å². The van der Waals surface area contributed by atoms with Crippen LogP contribution in [0.3, 0.4) is 0 Å². The van der Waals surface area contributed by atoms with E-state index in [9.17, 15) is 9.59 Å². The molecule has 0 amide bonds. The average Bonchev–Trinajstić information content (AvgIpc) is 2.03. The monoisotopic (exact) mass is 195 g/mol. The van der Waals surface area contributed by atoms with Crippen molar-refractivity contribution in [3.63, 3.8) is 0 Å². The average molecular weight is 196 g/mol. The molecule has 0 fully saturated rings. The fourth-order valence-corrected chi connectivity index (χ4v) is 1.12. The lowest BCUT2D eigenvalue weighted by Gasteiger charge is -1.97. The lowest BCUT2D eigenvalue weighted by molar-refractivity contribution is 0.101. The molecule has 4 heteroatoms. The number of benzene rings is 1. The van der Waals surface area contributed by atoms with E-state index >= 15 is 0 Å². The summed E-state index contributed by atoms with van der Waals surface area (Å²) >= 11 is 5.69. The van der Waals surface area contributed by atoms with E-state index in [1.165, 1.54) is 31.2 Å². The number of hydrogen-bond donors (Lipinski definition) is 0. The fourth-order valence-electron chi connectivity index (χ4n) is 0.895. The Morgan fingerprint density at radius 1 is 1.46 bits per heavy atom. The van der Waals surface area contributed by atoms with Crippen LogP contribution in [0.4, 0.5) is 5.69 Å². The number of rotatable bonds is 2. The van der Waals surface area contributed by atoms with Crippen molar-refractivity contribution in [3.05, 3.63) is 28.8 Å². The van der Waals surface area contributed by atoms with Crippen molar-refractivity contribution in [1.29, 1.82) is 0 Å². The number of isocyanates is 1. The highest BCUT2D eigenvalue weighted by Gasteiger charge is 2.02. The van der Waals surface area contributed by atoms with E-state index in [-0.39, 0.29) is 5.78 Å². The molecule has 0 unspecified atom stereocenters. The van der Waals surface area contributed by atoms with Gasteiger partial charge < -0.3 is 0 Å². The predicted molar refractivity (Wildman–Crippen MR) is 49.2 cm³/mol. The Morgan fingerprint density at radius 3 is 2.69 bits per heavy atom. The maximum Gasteiger partial charge on any atom is 0.240 e. The van der Waals surface area contributed by atoms with Crippen molar-refractivity contribution in [3.8, 4) is 0 Å². The standard InChI is InChI=1S/C9H6ClNO2/c1-6(13)7-2-8(10)4-9(3-7)11-5-12/h2-4H,1H3. The van der Waals surface area contributed by atoms with Gasteiger partial charge in [0.05, 0.1) is 5.69 Å². The summed E-state index contributed by atoms with van der Waals surface area (Å²) < 4.78 is 0. The first-order valence-electron chi connectivity index (χ1n) is 3.53. The molecule has 0 aliphatic heterocycles. The van der Waals surface area contributed by atoms with E-state index in [0.29, 0.717) is 16.3 Å². The Hall–Kier alpha value is -1.44. The van der Waals surface area contributed by atoms with E-state index in [0.717, 1.165) is 0 Å². The lowest BCUT2D eigenvalue weighted by Crippen LogP contribution is -1.90. The second kappa shape index (κ2) is 3.99. The van der Waals surface area contributed by atoms with Crippen LogP contribution in [-0.2, 0) is 4.79 Å². The summed E-state index contributed by atoms with van der Waals surface area (Å²) in [5, 5.41) is 0.377. The Balaban J connectivity index is 3.26. The van der Waals surface area contributed by atoms with Gasteiger partial charge in [-0.3, -0.25) is 4.79 Å². The maximum atomic E-state index is 11.0. The van der Waals surface area contributed by atoms with Gasteiger partial charge in [-0.25, -0.2) is 4.79 Å². The third-order valence-electron chi connectivity index (χ3n) is 1.46. The molecule has 3 nitrogen and oxygen atoms in total. The van der Waals surface area contributed by atoms with Gasteiger partial charge in [-0.1, -0.05) is 11.6 Å². The second-order valence-corrected chi connectivity index (χ2v) is 2.89. The van der Waals surface area contributed by atoms with Gasteiger partial charge in [0.25, 0.3) is 0 Å². The highest BCUT2D eigenvalue weighted by atomic mass is 35.5. The Kier molecular flexibility index (Phi) is 2.96. The molecular formula is C9H6ClNO2. The largest absolute Gasteiger partial charge is 0.295 e. The van der Waals surface area contributed by atoms with E-state index in [4.69, 9.17) is 11.6 Å². The first kappa shape index (κ1) is 9.65. The molecule has 0 bridgehead atoms. The minimum Gasteiger partial charge on any atom is -0.295 e. The van der Waals surface area contributed by atoms with Crippen LogP contribution in [0.2, 0.25) is 5.02 Å². The van der Waals surface area contributed by atoms with Gasteiger partial charge in [0.15, 0.2) is 5.78 Å². The SMILES string of the molecule is CC(=O)c1cc(Cl)cc(N=C=O)c1. The Morgan fingerprint density at radius 2 is 2.15 bits per heavy atom. The number of hydrogen-bond acceptors (Lipinski definition) is 3. The van der Waals surface area contributed by atoms with Gasteiger partial charge in [-0.05, 0) is 25.1 Å². The molecular weight excluding hydrogens is 190 g/mol. The Labute approximate surface area is 80.0 Å². The molecule has 1 aromatic carbocycles. The first-order valence-corrected chi connectivity index (χ1v) is 3.90. The Bertz CT molecular complexity index is 374. The molecule has 1 aromatic rings. The van der Waals surface area contributed by atoms with Gasteiger partial charge in [0.2, 0.25) is 6.08 Å². The minimum absolute atomic E-state index is 0.121. The molecule has 1 rings (SSSR count). The van der Waals surface area contributed by atoms with Crippen LogP contribution in [0.5, 0.6) is 0 Å². The molecule has 0 aliphatic rings. The lowest BCUT2D eigenvalue weighted by atomic mass is 10.1. The van der Waals surface area contributed by atoms with Gasteiger partial charge in [0.1, 0.15) is 0 Å². The van der Waals surface area contributed by atoms with Crippen LogP contribution < -0.4 is 0 Å². The zero-order valence-electron chi connectivity index (χ0n) is 6.87. The number of carbonyl (C=O) groups is 1. The summed E-state index contributed by atoms with van der Waals surface area (Å²) in [5.74, 6) is -0.121. The minimum atomic E-state index is -0.121. The van der Waals surface area contributed by atoms with Gasteiger partial charge >= 0.3 is 0 Å². The van der Waals surface area contributed by atoms with Crippen LogP contribution in [0.25, 0.3) is 0 Å². The second-order valence-electron chi connectivity index (χ2n) is 2.46. The van der Waals surface area contributed by atoms with E-state index in [1.807, 2.05) is 0 Å². The molecule has 0 heterocycles. The van der Waals surface area contributed by atoms with E-state index in [2.05, 4.69) is 4.99 Å². The van der Waals surface area contributed by atoms with Crippen molar-refractivity contribution in [2.45, 2.75) is 6.92 Å². The van der Waals surface area contributed by atoms with Crippen LogP contribution in [0.15, 0.2) is 23.2 Å². The molecule has 0 N–H and O–H groups in total. The van der Waals surface area contributed by atoms with Crippen molar-refractivity contribution in [2.75, 3.05) is 0 Å². The summed E-state index contributed by atoms with van der Waals surface area (Å²) in [6.45, 7) is 1.42. The molecule has 66 valence electrons. The van der Waals surface area contributed by atoms with Gasteiger partial charge in [-0.2, -0.15) is 4.99 Å². The maximum absolute atomic E-state index is 11.0.